The molecule has 3 aromatic carbocycles. The fourth-order valence-corrected chi connectivity index (χ4v) is 5.42. The Kier molecular flexibility index (Phi) is 3.43. The largest absolute Gasteiger partial charge is 0.285 e. The predicted molar refractivity (Wildman–Crippen MR) is 130 cm³/mol. The van der Waals surface area contributed by atoms with Crippen LogP contribution in [-0.4, -0.2) is 20.7 Å². The lowest BCUT2D eigenvalue weighted by Crippen LogP contribution is -2.40. The molecule has 0 fully saturated rings. The van der Waals surface area contributed by atoms with Gasteiger partial charge in [-0.05, 0) is 42.8 Å². The number of para-hydroxylation sites is 2. The molecule has 0 N–H and O–H groups in total. The van der Waals surface area contributed by atoms with E-state index in [1.165, 1.54) is 44.0 Å². The van der Waals surface area contributed by atoms with Gasteiger partial charge in [0.05, 0.1) is 22.1 Å². The molecule has 0 unspecified atom stereocenters. The standard InChI is InChI=1S/C26H26BN3/c1-16-17(2)29-24-19(27(16)15-26(3,4)5)14-13-18-9-8-12-22(23(18)24)30-21-11-7-6-10-20(21)28-25(29)30/h6-14H,15H2,1-5H3. The molecule has 5 aromatic rings. The van der Waals surface area contributed by atoms with Crippen molar-refractivity contribution in [3.8, 4) is 0 Å². The zero-order valence-corrected chi connectivity index (χ0v) is 18.3. The molecule has 1 aliphatic rings. The number of rotatable bonds is 1. The Morgan fingerprint density at radius 2 is 1.67 bits per heavy atom. The van der Waals surface area contributed by atoms with Gasteiger partial charge in [-0.15, -0.1) is 0 Å². The topological polar surface area (TPSA) is 22.2 Å². The van der Waals surface area contributed by atoms with Gasteiger partial charge >= 0.3 is 0 Å². The smallest absolute Gasteiger partial charge is 0.220 e. The third kappa shape index (κ3) is 2.25. The summed E-state index contributed by atoms with van der Waals surface area (Å²) in [6.07, 6.45) is 1.14. The Bertz CT molecular complexity index is 1520. The zero-order chi connectivity index (χ0) is 20.8. The molecule has 0 spiro atoms. The normalized spacial score (nSPS) is 14.8. The molecule has 1 aliphatic heterocycles. The van der Waals surface area contributed by atoms with Crippen LogP contribution in [0.4, 0.5) is 0 Å². The second-order valence-electron chi connectivity index (χ2n) is 10.0. The molecule has 2 aromatic heterocycles. The molecule has 4 heteroatoms. The highest BCUT2D eigenvalue weighted by molar-refractivity contribution is 6.83. The molecule has 6 rings (SSSR count). The molecule has 0 amide bonds. The van der Waals surface area contributed by atoms with Gasteiger partial charge in [0, 0.05) is 11.1 Å². The molecule has 0 aliphatic carbocycles. The summed E-state index contributed by atoms with van der Waals surface area (Å²) in [5.41, 5.74) is 9.25. The van der Waals surface area contributed by atoms with Gasteiger partial charge in [-0.1, -0.05) is 74.4 Å². The summed E-state index contributed by atoms with van der Waals surface area (Å²) in [4.78, 5) is 5.11. The molecule has 0 radical (unpaired) electrons. The summed E-state index contributed by atoms with van der Waals surface area (Å²) in [5.74, 6) is 1.01. The number of aromatic nitrogens is 3. The van der Waals surface area contributed by atoms with Gasteiger partial charge in [-0.2, -0.15) is 0 Å². The molecule has 0 bridgehead atoms. The van der Waals surface area contributed by atoms with Gasteiger partial charge in [0.2, 0.25) is 12.5 Å². The van der Waals surface area contributed by atoms with Gasteiger partial charge in [0.25, 0.3) is 0 Å². The summed E-state index contributed by atoms with van der Waals surface area (Å²) >= 11 is 0. The molecule has 0 saturated heterocycles. The first-order chi connectivity index (χ1) is 14.3. The van der Waals surface area contributed by atoms with Crippen molar-refractivity contribution in [1.82, 2.24) is 14.0 Å². The minimum Gasteiger partial charge on any atom is -0.285 e. The summed E-state index contributed by atoms with van der Waals surface area (Å²) in [6.45, 7) is 12.1. The maximum absolute atomic E-state index is 5.11. The van der Waals surface area contributed by atoms with Crippen LogP contribution < -0.4 is 5.46 Å². The Balaban J connectivity index is 1.88. The van der Waals surface area contributed by atoms with Gasteiger partial charge in [-0.25, -0.2) is 4.98 Å². The summed E-state index contributed by atoms with van der Waals surface area (Å²) in [5, 5.41) is 2.64. The highest BCUT2D eigenvalue weighted by Gasteiger charge is 2.33. The van der Waals surface area contributed by atoms with Crippen molar-refractivity contribution >= 4 is 56.5 Å². The SMILES string of the molecule is CC1=C(C)n2c3c(ccc4cccc(c43)n3c4ccccc4nc23)B1CC(C)(C)C. The van der Waals surface area contributed by atoms with Gasteiger partial charge < -0.3 is 0 Å². The van der Waals surface area contributed by atoms with Crippen molar-refractivity contribution < 1.29 is 0 Å². The zero-order valence-electron chi connectivity index (χ0n) is 18.3. The van der Waals surface area contributed by atoms with E-state index in [0.29, 0.717) is 6.71 Å². The van der Waals surface area contributed by atoms with Crippen LogP contribution in [0.3, 0.4) is 0 Å². The quantitative estimate of drug-likeness (QED) is 0.314. The van der Waals surface area contributed by atoms with Crippen molar-refractivity contribution in [3.63, 3.8) is 0 Å². The van der Waals surface area contributed by atoms with Gasteiger partial charge in [-0.3, -0.25) is 8.97 Å². The third-order valence-corrected chi connectivity index (χ3v) is 6.86. The average molecular weight is 391 g/mol. The third-order valence-electron chi connectivity index (χ3n) is 6.86. The monoisotopic (exact) mass is 391 g/mol. The van der Waals surface area contributed by atoms with Crippen molar-refractivity contribution in [2.45, 2.75) is 40.9 Å². The van der Waals surface area contributed by atoms with E-state index in [2.05, 4.69) is 98.2 Å². The van der Waals surface area contributed by atoms with E-state index in [-0.39, 0.29) is 5.41 Å². The Morgan fingerprint density at radius 3 is 2.47 bits per heavy atom. The van der Waals surface area contributed by atoms with Crippen molar-refractivity contribution in [2.75, 3.05) is 0 Å². The molecule has 148 valence electrons. The van der Waals surface area contributed by atoms with Crippen LogP contribution >= 0.6 is 0 Å². The van der Waals surface area contributed by atoms with E-state index in [4.69, 9.17) is 4.98 Å². The van der Waals surface area contributed by atoms with Crippen LogP contribution in [0, 0.1) is 5.41 Å². The van der Waals surface area contributed by atoms with Crippen LogP contribution in [0.2, 0.25) is 6.32 Å². The first kappa shape index (κ1) is 17.8. The Labute approximate surface area is 177 Å². The molecule has 0 saturated carbocycles. The van der Waals surface area contributed by atoms with Crippen LogP contribution in [0.1, 0.15) is 34.6 Å². The van der Waals surface area contributed by atoms with Gasteiger partial charge in [0.15, 0.2) is 0 Å². The van der Waals surface area contributed by atoms with Crippen molar-refractivity contribution in [1.29, 1.82) is 0 Å². The maximum Gasteiger partial charge on any atom is 0.220 e. The van der Waals surface area contributed by atoms with E-state index in [1.807, 2.05) is 0 Å². The Morgan fingerprint density at radius 1 is 0.900 bits per heavy atom. The first-order valence-corrected chi connectivity index (χ1v) is 10.9. The van der Waals surface area contributed by atoms with Crippen LogP contribution in [0.15, 0.2) is 60.1 Å². The lowest BCUT2D eigenvalue weighted by atomic mass is 9.34. The van der Waals surface area contributed by atoms with Crippen LogP contribution in [0.25, 0.3) is 44.3 Å². The number of nitrogens with zero attached hydrogens (tertiary/aromatic N) is 3. The fourth-order valence-electron chi connectivity index (χ4n) is 5.42. The number of fused-ring (bicyclic) bond motifs is 5. The Hall–Kier alpha value is -3.01. The number of allylic oxidation sites excluding steroid dienone is 2. The van der Waals surface area contributed by atoms with Gasteiger partial charge in [0.1, 0.15) is 0 Å². The van der Waals surface area contributed by atoms with E-state index in [1.54, 1.807) is 0 Å². The van der Waals surface area contributed by atoms with Crippen molar-refractivity contribution in [3.05, 3.63) is 60.1 Å². The second kappa shape index (κ2) is 5.78. The van der Waals surface area contributed by atoms with E-state index in [0.717, 1.165) is 17.6 Å². The maximum atomic E-state index is 5.11. The summed E-state index contributed by atoms with van der Waals surface area (Å²) in [7, 11) is 0. The molecular formula is C26H26BN3. The second-order valence-corrected chi connectivity index (χ2v) is 10.0. The molecule has 30 heavy (non-hydrogen) atoms. The number of hydrogen-bond acceptors (Lipinski definition) is 1. The van der Waals surface area contributed by atoms with Crippen molar-refractivity contribution in [2.24, 2.45) is 5.41 Å². The highest BCUT2D eigenvalue weighted by atomic mass is 15.2. The molecular weight excluding hydrogens is 365 g/mol. The number of hydrogen-bond donors (Lipinski definition) is 0. The lowest BCUT2D eigenvalue weighted by Gasteiger charge is -2.32. The first-order valence-electron chi connectivity index (χ1n) is 10.9. The van der Waals surface area contributed by atoms with E-state index in [9.17, 15) is 0 Å². The lowest BCUT2D eigenvalue weighted by molar-refractivity contribution is 0.465. The minimum absolute atomic E-state index is 0.261. The molecule has 0 atom stereocenters. The van der Waals surface area contributed by atoms with Crippen LogP contribution in [0.5, 0.6) is 0 Å². The predicted octanol–water partition coefficient (Wildman–Crippen LogP) is 6.15. The highest BCUT2D eigenvalue weighted by Crippen LogP contribution is 2.37. The minimum atomic E-state index is 0.261. The number of imidazole rings is 1. The fraction of sp³-hybridized carbons (Fsp3) is 0.269. The molecule has 3 heterocycles. The molecule has 3 nitrogen and oxygen atoms in total. The summed E-state index contributed by atoms with van der Waals surface area (Å²) in [6, 6.07) is 19.8. The average Bonchev–Trinajstić information content (AvgIpc) is 3.10. The van der Waals surface area contributed by atoms with Crippen LogP contribution in [-0.2, 0) is 0 Å². The summed E-state index contributed by atoms with van der Waals surface area (Å²) < 4.78 is 4.76. The van der Waals surface area contributed by atoms with E-state index >= 15 is 0 Å². The number of benzene rings is 3. The van der Waals surface area contributed by atoms with E-state index < -0.39 is 0 Å².